The van der Waals surface area contributed by atoms with Crippen molar-refractivity contribution in [2.75, 3.05) is 19.7 Å². The molecule has 148 valence electrons. The smallest absolute Gasteiger partial charge is 0.124 e. The summed E-state index contributed by atoms with van der Waals surface area (Å²) in [4.78, 5) is 7.40. The first kappa shape index (κ1) is 19.2. The summed E-state index contributed by atoms with van der Waals surface area (Å²) in [6, 6.07) is 19.0. The largest absolute Gasteiger partial charge is 0.396 e. The predicted octanol–water partition coefficient (Wildman–Crippen LogP) is 4.26. The van der Waals surface area contributed by atoms with E-state index in [1.807, 2.05) is 0 Å². The highest BCUT2D eigenvalue weighted by molar-refractivity contribution is 5.75. The number of nitrogens with zero attached hydrogens (tertiary/aromatic N) is 3. The van der Waals surface area contributed by atoms with Crippen molar-refractivity contribution in [1.29, 1.82) is 0 Å². The fourth-order valence-electron chi connectivity index (χ4n) is 4.71. The molecule has 1 N–H and O–H groups in total. The van der Waals surface area contributed by atoms with Gasteiger partial charge in [0, 0.05) is 25.1 Å². The Hall–Kier alpha value is -2.17. The molecular weight excluding hydrogens is 346 g/mol. The molecule has 3 aromatic rings. The number of aliphatic hydroxyl groups excluding tert-OH is 1. The maximum Gasteiger partial charge on any atom is 0.124 e. The van der Waals surface area contributed by atoms with Crippen molar-refractivity contribution in [1.82, 2.24) is 14.5 Å². The van der Waals surface area contributed by atoms with Crippen molar-refractivity contribution in [3.63, 3.8) is 0 Å². The second-order valence-electron chi connectivity index (χ2n) is 8.22. The molecule has 1 aromatic heterocycles. The van der Waals surface area contributed by atoms with Gasteiger partial charge in [-0.15, -0.1) is 0 Å². The van der Waals surface area contributed by atoms with Crippen LogP contribution in [0.15, 0.2) is 54.6 Å². The zero-order valence-electron chi connectivity index (χ0n) is 16.8. The molecule has 28 heavy (non-hydrogen) atoms. The molecule has 1 fully saturated rings. The zero-order valence-corrected chi connectivity index (χ0v) is 16.8. The van der Waals surface area contributed by atoms with Crippen LogP contribution in [0.4, 0.5) is 0 Å². The van der Waals surface area contributed by atoms with Crippen LogP contribution in [0, 0.1) is 5.41 Å². The van der Waals surface area contributed by atoms with E-state index in [9.17, 15) is 5.11 Å². The number of hydrogen-bond acceptors (Lipinski definition) is 3. The normalized spacial score (nSPS) is 20.6. The summed E-state index contributed by atoms with van der Waals surface area (Å²) in [5, 5.41) is 10.3. The zero-order chi connectivity index (χ0) is 19.4. The number of aromatic nitrogens is 2. The Labute approximate surface area is 167 Å². The van der Waals surface area contributed by atoms with E-state index in [4.69, 9.17) is 4.98 Å². The average molecular weight is 378 g/mol. The van der Waals surface area contributed by atoms with E-state index in [1.165, 1.54) is 11.1 Å². The molecule has 1 aliphatic heterocycles. The van der Waals surface area contributed by atoms with Crippen molar-refractivity contribution in [2.24, 2.45) is 5.41 Å². The lowest BCUT2D eigenvalue weighted by atomic mass is 9.76. The lowest BCUT2D eigenvalue weighted by Gasteiger charge is -2.42. The molecule has 0 spiro atoms. The van der Waals surface area contributed by atoms with Gasteiger partial charge in [-0.3, -0.25) is 4.90 Å². The molecule has 0 saturated carbocycles. The van der Waals surface area contributed by atoms with E-state index < -0.39 is 0 Å². The van der Waals surface area contributed by atoms with Crippen LogP contribution in [0.3, 0.4) is 0 Å². The monoisotopic (exact) mass is 377 g/mol. The summed E-state index contributed by atoms with van der Waals surface area (Å²) < 4.78 is 2.33. The number of hydrogen-bond donors (Lipinski definition) is 1. The standard InChI is InChI=1S/C24H31N3O/c1-2-27-22-12-7-6-11-21(22)25-23(27)17-26-16-8-14-24(18-26,19-28)15-13-20-9-4-3-5-10-20/h3-7,9-12,28H,2,8,13-19H2,1H3. The summed E-state index contributed by atoms with van der Waals surface area (Å²) >= 11 is 0. The number of aryl methyl sites for hydroxylation is 2. The first-order valence-electron chi connectivity index (χ1n) is 10.5. The quantitative estimate of drug-likeness (QED) is 0.669. The number of imidazole rings is 1. The molecule has 0 aliphatic carbocycles. The van der Waals surface area contributed by atoms with Crippen LogP contribution < -0.4 is 0 Å². The number of likely N-dealkylation sites (tertiary alicyclic amines) is 1. The van der Waals surface area contributed by atoms with Crippen molar-refractivity contribution < 1.29 is 5.11 Å². The number of benzene rings is 2. The van der Waals surface area contributed by atoms with Crippen LogP contribution in [0.1, 0.15) is 37.6 Å². The van der Waals surface area contributed by atoms with Gasteiger partial charge >= 0.3 is 0 Å². The van der Waals surface area contributed by atoms with Gasteiger partial charge in [0.15, 0.2) is 0 Å². The fraction of sp³-hybridized carbons (Fsp3) is 0.458. The number of piperidine rings is 1. The number of fused-ring (bicyclic) bond motifs is 1. The van der Waals surface area contributed by atoms with Gasteiger partial charge in [-0.1, -0.05) is 42.5 Å². The SMILES string of the molecule is CCn1c(CN2CCCC(CO)(CCc3ccccc3)C2)nc2ccccc21. The molecule has 4 nitrogen and oxygen atoms in total. The van der Waals surface area contributed by atoms with E-state index >= 15 is 0 Å². The van der Waals surface area contributed by atoms with E-state index in [0.717, 1.165) is 63.2 Å². The van der Waals surface area contributed by atoms with Crippen molar-refractivity contribution >= 4 is 11.0 Å². The molecule has 1 atom stereocenters. The van der Waals surface area contributed by atoms with Gasteiger partial charge in [-0.25, -0.2) is 4.98 Å². The second-order valence-corrected chi connectivity index (χ2v) is 8.22. The van der Waals surface area contributed by atoms with Crippen LogP contribution in [-0.4, -0.2) is 39.3 Å². The van der Waals surface area contributed by atoms with E-state index in [-0.39, 0.29) is 12.0 Å². The highest BCUT2D eigenvalue weighted by atomic mass is 16.3. The molecule has 1 saturated heterocycles. The van der Waals surface area contributed by atoms with Crippen LogP contribution in [0.25, 0.3) is 11.0 Å². The predicted molar refractivity (Wildman–Crippen MR) is 114 cm³/mol. The van der Waals surface area contributed by atoms with Gasteiger partial charge in [0.05, 0.1) is 17.6 Å². The van der Waals surface area contributed by atoms with Gasteiger partial charge in [-0.05, 0) is 56.8 Å². The molecule has 4 heteroatoms. The summed E-state index contributed by atoms with van der Waals surface area (Å²) in [7, 11) is 0. The van der Waals surface area contributed by atoms with Crippen molar-refractivity contribution in [2.45, 2.75) is 45.7 Å². The van der Waals surface area contributed by atoms with E-state index in [2.05, 4.69) is 71.0 Å². The van der Waals surface area contributed by atoms with Gasteiger partial charge in [-0.2, -0.15) is 0 Å². The Balaban J connectivity index is 1.48. The van der Waals surface area contributed by atoms with Gasteiger partial charge in [0.1, 0.15) is 5.82 Å². The minimum absolute atomic E-state index is 0.00283. The molecule has 4 rings (SSSR count). The van der Waals surface area contributed by atoms with E-state index in [0.29, 0.717) is 0 Å². The minimum Gasteiger partial charge on any atom is -0.396 e. The first-order chi connectivity index (χ1) is 13.7. The topological polar surface area (TPSA) is 41.3 Å². The van der Waals surface area contributed by atoms with Gasteiger partial charge < -0.3 is 9.67 Å². The third-order valence-corrected chi connectivity index (χ3v) is 6.28. The number of aliphatic hydroxyl groups is 1. The summed E-state index contributed by atoms with van der Waals surface area (Å²) in [6.45, 7) is 6.27. The first-order valence-corrected chi connectivity index (χ1v) is 10.5. The molecule has 2 heterocycles. The Kier molecular flexibility index (Phi) is 5.79. The molecule has 0 bridgehead atoms. The number of rotatable bonds is 7. The highest BCUT2D eigenvalue weighted by Crippen LogP contribution is 2.35. The second kappa shape index (κ2) is 8.46. The molecular formula is C24H31N3O. The molecule has 2 aromatic carbocycles. The average Bonchev–Trinajstić information content (AvgIpc) is 3.10. The Bertz CT molecular complexity index is 905. The van der Waals surface area contributed by atoms with Crippen LogP contribution >= 0.6 is 0 Å². The third-order valence-electron chi connectivity index (χ3n) is 6.28. The Morgan fingerprint density at radius 1 is 1.07 bits per heavy atom. The third kappa shape index (κ3) is 3.98. The molecule has 1 unspecified atom stereocenters. The van der Waals surface area contributed by atoms with E-state index in [1.54, 1.807) is 0 Å². The maximum absolute atomic E-state index is 10.3. The summed E-state index contributed by atoms with van der Waals surface area (Å²) in [5.74, 6) is 1.14. The maximum atomic E-state index is 10.3. The Morgan fingerprint density at radius 3 is 2.64 bits per heavy atom. The van der Waals surface area contributed by atoms with Crippen molar-refractivity contribution in [3.05, 3.63) is 66.0 Å². The van der Waals surface area contributed by atoms with Gasteiger partial charge in [0.25, 0.3) is 0 Å². The van der Waals surface area contributed by atoms with Crippen LogP contribution in [0.2, 0.25) is 0 Å². The van der Waals surface area contributed by atoms with Crippen LogP contribution in [-0.2, 0) is 19.5 Å². The van der Waals surface area contributed by atoms with Crippen molar-refractivity contribution in [3.8, 4) is 0 Å². The summed E-state index contributed by atoms with van der Waals surface area (Å²) in [6.07, 6.45) is 4.32. The molecule has 1 aliphatic rings. The number of para-hydroxylation sites is 2. The lowest BCUT2D eigenvalue weighted by molar-refractivity contribution is 0.0210. The highest BCUT2D eigenvalue weighted by Gasteiger charge is 2.35. The van der Waals surface area contributed by atoms with Gasteiger partial charge in [0.2, 0.25) is 0 Å². The molecule has 0 amide bonds. The Morgan fingerprint density at radius 2 is 1.86 bits per heavy atom. The summed E-state index contributed by atoms with van der Waals surface area (Å²) in [5.41, 5.74) is 3.65. The lowest BCUT2D eigenvalue weighted by Crippen LogP contribution is -2.45. The molecule has 0 radical (unpaired) electrons. The fourth-order valence-corrected chi connectivity index (χ4v) is 4.71. The van der Waals surface area contributed by atoms with Crippen LogP contribution in [0.5, 0.6) is 0 Å². The minimum atomic E-state index is -0.00283.